The third kappa shape index (κ3) is 3.11. The van der Waals surface area contributed by atoms with Gasteiger partial charge in [-0.2, -0.15) is 0 Å². The Kier molecular flexibility index (Phi) is 3.86. The number of nitrogens with two attached hydrogens (primary N) is 1. The van der Waals surface area contributed by atoms with Crippen molar-refractivity contribution < 1.29 is 9.53 Å². The summed E-state index contributed by atoms with van der Waals surface area (Å²) in [4.78, 5) is 11.9. The van der Waals surface area contributed by atoms with Crippen molar-refractivity contribution in [3.8, 4) is 0 Å². The van der Waals surface area contributed by atoms with Gasteiger partial charge in [0.15, 0.2) is 0 Å². The SMILES string of the molecule is Nc1cc(Cl)ccc1NC(=O)C1CCOCC1. The molecule has 2 rings (SSSR count). The maximum Gasteiger partial charge on any atom is 0.227 e. The molecule has 1 heterocycles. The number of halogens is 1. The van der Waals surface area contributed by atoms with Crippen LogP contribution in [0, 0.1) is 5.92 Å². The number of amides is 1. The van der Waals surface area contributed by atoms with Crippen molar-refractivity contribution in [2.75, 3.05) is 24.3 Å². The first-order valence-electron chi connectivity index (χ1n) is 5.60. The Morgan fingerprint density at radius 1 is 1.41 bits per heavy atom. The van der Waals surface area contributed by atoms with E-state index in [0.717, 1.165) is 12.8 Å². The highest BCUT2D eigenvalue weighted by molar-refractivity contribution is 6.31. The van der Waals surface area contributed by atoms with Gasteiger partial charge in [-0.25, -0.2) is 0 Å². The van der Waals surface area contributed by atoms with E-state index >= 15 is 0 Å². The molecule has 4 nitrogen and oxygen atoms in total. The molecule has 92 valence electrons. The molecule has 1 aliphatic rings. The molecule has 0 aromatic heterocycles. The third-order valence-electron chi connectivity index (χ3n) is 2.86. The molecule has 3 N–H and O–H groups in total. The number of hydrogen-bond acceptors (Lipinski definition) is 3. The van der Waals surface area contributed by atoms with Crippen molar-refractivity contribution >= 4 is 28.9 Å². The minimum Gasteiger partial charge on any atom is -0.397 e. The molecule has 1 amide bonds. The fourth-order valence-corrected chi connectivity index (χ4v) is 2.02. The predicted octanol–water partition coefficient (Wildman–Crippen LogP) is 2.29. The molecular formula is C12H15ClN2O2. The second kappa shape index (κ2) is 5.38. The van der Waals surface area contributed by atoms with Crippen LogP contribution in [0.25, 0.3) is 0 Å². The lowest BCUT2D eigenvalue weighted by Gasteiger charge is -2.21. The lowest BCUT2D eigenvalue weighted by molar-refractivity contribution is -0.122. The van der Waals surface area contributed by atoms with E-state index < -0.39 is 0 Å². The number of ether oxygens (including phenoxy) is 1. The Bertz CT molecular complexity index is 417. The van der Waals surface area contributed by atoms with Gasteiger partial charge in [0.25, 0.3) is 0 Å². The van der Waals surface area contributed by atoms with E-state index in [1.807, 2.05) is 0 Å². The van der Waals surface area contributed by atoms with Gasteiger partial charge in [0, 0.05) is 24.2 Å². The first-order valence-corrected chi connectivity index (χ1v) is 5.98. The first kappa shape index (κ1) is 12.2. The van der Waals surface area contributed by atoms with E-state index in [4.69, 9.17) is 22.1 Å². The van der Waals surface area contributed by atoms with Crippen molar-refractivity contribution in [3.63, 3.8) is 0 Å². The molecule has 1 saturated heterocycles. The van der Waals surface area contributed by atoms with Crippen LogP contribution in [0.1, 0.15) is 12.8 Å². The van der Waals surface area contributed by atoms with Gasteiger partial charge >= 0.3 is 0 Å². The molecule has 0 radical (unpaired) electrons. The van der Waals surface area contributed by atoms with E-state index in [9.17, 15) is 4.79 Å². The topological polar surface area (TPSA) is 64.3 Å². The lowest BCUT2D eigenvalue weighted by Crippen LogP contribution is -2.28. The monoisotopic (exact) mass is 254 g/mol. The van der Waals surface area contributed by atoms with Crippen LogP contribution in [0.2, 0.25) is 5.02 Å². The number of benzene rings is 1. The molecule has 1 aromatic rings. The van der Waals surface area contributed by atoms with Crippen molar-refractivity contribution in [2.45, 2.75) is 12.8 Å². The summed E-state index contributed by atoms with van der Waals surface area (Å²) in [6, 6.07) is 5.05. The molecule has 1 aromatic carbocycles. The quantitative estimate of drug-likeness (QED) is 0.796. The second-order valence-corrected chi connectivity index (χ2v) is 4.54. The maximum absolute atomic E-state index is 11.9. The number of carbonyl (C=O) groups is 1. The Balaban J connectivity index is 2.02. The minimum atomic E-state index is 0.00215. The fraction of sp³-hybridized carbons (Fsp3) is 0.417. The molecule has 0 spiro atoms. The van der Waals surface area contributed by atoms with Crippen LogP contribution in [0.3, 0.4) is 0 Å². The van der Waals surface area contributed by atoms with Crippen LogP contribution in [0.15, 0.2) is 18.2 Å². The summed E-state index contributed by atoms with van der Waals surface area (Å²) in [7, 11) is 0. The molecule has 17 heavy (non-hydrogen) atoms. The van der Waals surface area contributed by atoms with E-state index in [2.05, 4.69) is 5.32 Å². The minimum absolute atomic E-state index is 0.00215. The van der Waals surface area contributed by atoms with Crippen LogP contribution < -0.4 is 11.1 Å². The second-order valence-electron chi connectivity index (χ2n) is 4.11. The number of anilines is 2. The number of nitrogen functional groups attached to an aromatic ring is 1. The summed E-state index contributed by atoms with van der Waals surface area (Å²) in [5.41, 5.74) is 6.88. The van der Waals surface area contributed by atoms with Gasteiger partial charge in [-0.1, -0.05) is 11.6 Å². The van der Waals surface area contributed by atoms with E-state index in [1.165, 1.54) is 0 Å². The Labute approximate surface area is 105 Å². The van der Waals surface area contributed by atoms with Crippen molar-refractivity contribution in [1.29, 1.82) is 0 Å². The number of nitrogens with one attached hydrogen (secondary N) is 1. The standard InChI is InChI=1S/C12H15ClN2O2/c13-9-1-2-11(10(14)7-9)15-12(16)8-3-5-17-6-4-8/h1-2,7-8H,3-6,14H2,(H,15,16). The first-order chi connectivity index (χ1) is 8.16. The van der Waals surface area contributed by atoms with Gasteiger partial charge in [0.05, 0.1) is 11.4 Å². The predicted molar refractivity (Wildman–Crippen MR) is 68.0 cm³/mol. The molecule has 0 aliphatic carbocycles. The maximum atomic E-state index is 11.9. The van der Waals surface area contributed by atoms with Gasteiger partial charge in [-0.3, -0.25) is 4.79 Å². The Morgan fingerprint density at radius 2 is 2.12 bits per heavy atom. The summed E-state index contributed by atoms with van der Waals surface area (Å²) in [6.07, 6.45) is 1.53. The molecule has 0 unspecified atom stereocenters. The van der Waals surface area contributed by atoms with Crippen molar-refractivity contribution in [3.05, 3.63) is 23.2 Å². The van der Waals surface area contributed by atoms with Gasteiger partial charge in [-0.15, -0.1) is 0 Å². The van der Waals surface area contributed by atoms with Crippen LogP contribution in [0.5, 0.6) is 0 Å². The summed E-state index contributed by atoms with van der Waals surface area (Å²) in [5, 5.41) is 3.39. The van der Waals surface area contributed by atoms with E-state index in [-0.39, 0.29) is 11.8 Å². The van der Waals surface area contributed by atoms with Crippen molar-refractivity contribution in [1.82, 2.24) is 0 Å². The zero-order chi connectivity index (χ0) is 12.3. The molecule has 0 atom stereocenters. The summed E-state index contributed by atoms with van der Waals surface area (Å²) < 4.78 is 5.22. The Morgan fingerprint density at radius 3 is 2.76 bits per heavy atom. The molecule has 1 fully saturated rings. The van der Waals surface area contributed by atoms with Crippen LogP contribution in [0.4, 0.5) is 11.4 Å². The van der Waals surface area contributed by atoms with Gasteiger partial charge in [-0.05, 0) is 31.0 Å². The highest BCUT2D eigenvalue weighted by Gasteiger charge is 2.21. The average molecular weight is 255 g/mol. The Hall–Kier alpha value is -1.26. The normalized spacial score (nSPS) is 16.8. The third-order valence-corrected chi connectivity index (χ3v) is 3.10. The number of carbonyl (C=O) groups excluding carboxylic acids is 1. The highest BCUT2D eigenvalue weighted by atomic mass is 35.5. The smallest absolute Gasteiger partial charge is 0.227 e. The average Bonchev–Trinajstić information content (AvgIpc) is 2.34. The largest absolute Gasteiger partial charge is 0.397 e. The van der Waals surface area contributed by atoms with E-state index in [0.29, 0.717) is 29.6 Å². The fourth-order valence-electron chi connectivity index (χ4n) is 1.84. The molecule has 1 aliphatic heterocycles. The van der Waals surface area contributed by atoms with Crippen LogP contribution in [-0.2, 0) is 9.53 Å². The van der Waals surface area contributed by atoms with Gasteiger partial charge < -0.3 is 15.8 Å². The van der Waals surface area contributed by atoms with Gasteiger partial charge in [0.1, 0.15) is 0 Å². The summed E-state index contributed by atoms with van der Waals surface area (Å²) in [6.45, 7) is 1.29. The summed E-state index contributed by atoms with van der Waals surface area (Å²) in [5.74, 6) is 0.0150. The molecular weight excluding hydrogens is 240 g/mol. The van der Waals surface area contributed by atoms with Crippen LogP contribution >= 0.6 is 11.6 Å². The van der Waals surface area contributed by atoms with Crippen LogP contribution in [-0.4, -0.2) is 19.1 Å². The van der Waals surface area contributed by atoms with E-state index in [1.54, 1.807) is 18.2 Å². The number of hydrogen-bond donors (Lipinski definition) is 2. The molecule has 0 bridgehead atoms. The lowest BCUT2D eigenvalue weighted by atomic mass is 9.99. The van der Waals surface area contributed by atoms with Gasteiger partial charge in [0.2, 0.25) is 5.91 Å². The molecule has 5 heteroatoms. The molecule has 0 saturated carbocycles. The zero-order valence-corrected chi connectivity index (χ0v) is 10.2. The summed E-state index contributed by atoms with van der Waals surface area (Å²) >= 11 is 5.79. The number of rotatable bonds is 2. The highest BCUT2D eigenvalue weighted by Crippen LogP contribution is 2.24. The zero-order valence-electron chi connectivity index (χ0n) is 9.41. The van der Waals surface area contributed by atoms with Crippen molar-refractivity contribution in [2.24, 2.45) is 5.92 Å².